The second kappa shape index (κ2) is 7.99. The molecule has 6 heteroatoms. The number of carbonyl (C=O) groups is 1. The average Bonchev–Trinajstić information content (AvgIpc) is 2.68. The minimum atomic E-state index is -0.460. The predicted octanol–water partition coefficient (Wildman–Crippen LogP) is 4.04. The number of rotatable bonds is 4. The van der Waals surface area contributed by atoms with Crippen molar-refractivity contribution in [2.75, 3.05) is 0 Å². The molecule has 29 heavy (non-hydrogen) atoms. The molecule has 0 aliphatic rings. The van der Waals surface area contributed by atoms with Crippen LogP contribution in [0, 0.1) is 0 Å². The molecule has 1 aromatic heterocycles. The van der Waals surface area contributed by atoms with E-state index in [1.54, 1.807) is 30.5 Å². The summed E-state index contributed by atoms with van der Waals surface area (Å²) in [5, 5.41) is 9.32. The van der Waals surface area contributed by atoms with Crippen LogP contribution in [0.25, 0.3) is 10.8 Å². The van der Waals surface area contributed by atoms with Gasteiger partial charge < -0.3 is 0 Å². The van der Waals surface area contributed by atoms with Gasteiger partial charge in [-0.1, -0.05) is 63.2 Å². The van der Waals surface area contributed by atoms with Crippen molar-refractivity contribution in [2.45, 2.75) is 46.1 Å². The monoisotopic (exact) mass is 390 g/mol. The Morgan fingerprint density at radius 2 is 1.69 bits per heavy atom. The van der Waals surface area contributed by atoms with Crippen molar-refractivity contribution in [1.29, 1.82) is 0 Å². The third kappa shape index (κ3) is 4.42. The molecule has 0 saturated carbocycles. The van der Waals surface area contributed by atoms with Crippen LogP contribution >= 0.6 is 0 Å². The highest BCUT2D eigenvalue weighted by Gasteiger charge is 2.17. The van der Waals surface area contributed by atoms with Crippen molar-refractivity contribution in [1.82, 2.24) is 15.2 Å². The molecule has 1 N–H and O–H groups in total. The van der Waals surface area contributed by atoms with E-state index in [-0.39, 0.29) is 22.7 Å². The number of amides is 1. The van der Waals surface area contributed by atoms with Gasteiger partial charge in [-0.3, -0.25) is 9.59 Å². The van der Waals surface area contributed by atoms with Gasteiger partial charge in [0.25, 0.3) is 11.5 Å². The first-order valence-electron chi connectivity index (χ1n) is 9.64. The van der Waals surface area contributed by atoms with Crippen LogP contribution in [0.15, 0.2) is 58.4 Å². The standard InChI is InChI=1S/C23H26N4O2/c1-15(2)27-22(29)19-9-7-6-8-18(19)20(26-27)21(28)25-24-14-16-10-12-17(13-11-16)23(3,4)5/h6-15H,1-5H3,(H,25,28)/b24-14-. The molecule has 0 aliphatic heterocycles. The second-order valence-electron chi connectivity index (χ2n) is 8.31. The fourth-order valence-electron chi connectivity index (χ4n) is 3.01. The zero-order chi connectivity index (χ0) is 21.2. The lowest BCUT2D eigenvalue weighted by Crippen LogP contribution is -2.30. The fourth-order valence-corrected chi connectivity index (χ4v) is 3.01. The van der Waals surface area contributed by atoms with Crippen LogP contribution in [0.1, 0.15) is 62.3 Å². The van der Waals surface area contributed by atoms with E-state index in [2.05, 4.69) is 48.5 Å². The molecule has 6 nitrogen and oxygen atoms in total. The Bertz CT molecular complexity index is 1120. The van der Waals surface area contributed by atoms with Gasteiger partial charge in [0.1, 0.15) is 0 Å². The third-order valence-electron chi connectivity index (χ3n) is 4.69. The molecule has 3 rings (SSSR count). The maximum Gasteiger partial charge on any atom is 0.292 e. The Kier molecular flexibility index (Phi) is 5.64. The van der Waals surface area contributed by atoms with Crippen molar-refractivity contribution in [2.24, 2.45) is 5.10 Å². The molecule has 1 heterocycles. The summed E-state index contributed by atoms with van der Waals surface area (Å²) in [6.45, 7) is 10.2. The van der Waals surface area contributed by atoms with Crippen LogP contribution in [0.3, 0.4) is 0 Å². The number of hydrogen-bond acceptors (Lipinski definition) is 4. The lowest BCUT2D eigenvalue weighted by molar-refractivity contribution is 0.0949. The highest BCUT2D eigenvalue weighted by molar-refractivity contribution is 6.04. The lowest BCUT2D eigenvalue weighted by atomic mass is 9.87. The smallest absolute Gasteiger partial charge is 0.267 e. The number of benzene rings is 2. The molecule has 3 aromatic rings. The van der Waals surface area contributed by atoms with Crippen molar-refractivity contribution in [3.63, 3.8) is 0 Å². The summed E-state index contributed by atoms with van der Waals surface area (Å²) < 4.78 is 1.33. The van der Waals surface area contributed by atoms with E-state index < -0.39 is 5.91 Å². The Labute approximate surface area is 170 Å². The number of nitrogens with zero attached hydrogens (tertiary/aromatic N) is 3. The van der Waals surface area contributed by atoms with Gasteiger partial charge >= 0.3 is 0 Å². The van der Waals surface area contributed by atoms with Gasteiger partial charge in [0.05, 0.1) is 17.6 Å². The van der Waals surface area contributed by atoms with Gasteiger partial charge in [-0.15, -0.1) is 0 Å². The Hall–Kier alpha value is -3.28. The number of hydrogen-bond donors (Lipinski definition) is 1. The first kappa shape index (κ1) is 20.5. The molecular formula is C23H26N4O2. The van der Waals surface area contributed by atoms with Crippen LogP contribution in [-0.4, -0.2) is 21.9 Å². The third-order valence-corrected chi connectivity index (χ3v) is 4.69. The maximum absolute atomic E-state index is 12.7. The maximum atomic E-state index is 12.7. The molecule has 2 aromatic carbocycles. The minimum absolute atomic E-state index is 0.0795. The second-order valence-corrected chi connectivity index (χ2v) is 8.31. The van der Waals surface area contributed by atoms with Crippen molar-refractivity contribution in [3.05, 3.63) is 75.7 Å². The normalized spacial score (nSPS) is 12.1. The molecule has 0 unspecified atom stereocenters. The molecule has 0 fully saturated rings. The topological polar surface area (TPSA) is 76.3 Å². The summed E-state index contributed by atoms with van der Waals surface area (Å²) >= 11 is 0. The van der Waals surface area contributed by atoms with E-state index in [4.69, 9.17) is 0 Å². The lowest BCUT2D eigenvalue weighted by Gasteiger charge is -2.18. The van der Waals surface area contributed by atoms with Crippen LogP contribution in [0.2, 0.25) is 0 Å². The fraction of sp³-hybridized carbons (Fsp3) is 0.304. The van der Waals surface area contributed by atoms with E-state index in [0.717, 1.165) is 5.56 Å². The highest BCUT2D eigenvalue weighted by Crippen LogP contribution is 2.21. The number of hydrazone groups is 1. The van der Waals surface area contributed by atoms with E-state index in [1.807, 2.05) is 26.0 Å². The average molecular weight is 390 g/mol. The van der Waals surface area contributed by atoms with E-state index in [0.29, 0.717) is 10.8 Å². The van der Waals surface area contributed by atoms with Gasteiger partial charge in [-0.25, -0.2) is 10.1 Å². The first-order chi connectivity index (χ1) is 13.7. The number of fused-ring (bicyclic) bond motifs is 1. The molecule has 0 saturated heterocycles. The van der Waals surface area contributed by atoms with Gasteiger partial charge in [0.2, 0.25) is 0 Å². The zero-order valence-electron chi connectivity index (χ0n) is 17.4. The first-order valence-corrected chi connectivity index (χ1v) is 9.64. The molecule has 0 spiro atoms. The highest BCUT2D eigenvalue weighted by atomic mass is 16.2. The van der Waals surface area contributed by atoms with Gasteiger partial charge in [0, 0.05) is 5.39 Å². The Balaban J connectivity index is 1.86. The predicted molar refractivity (Wildman–Crippen MR) is 117 cm³/mol. The molecular weight excluding hydrogens is 364 g/mol. The summed E-state index contributed by atoms with van der Waals surface area (Å²) in [5.74, 6) is -0.460. The van der Waals surface area contributed by atoms with Crippen molar-refractivity contribution >= 4 is 22.9 Å². The van der Waals surface area contributed by atoms with E-state index in [1.165, 1.54) is 10.2 Å². The largest absolute Gasteiger partial charge is 0.292 e. The summed E-state index contributed by atoms with van der Waals surface area (Å²) in [7, 11) is 0. The van der Waals surface area contributed by atoms with E-state index in [9.17, 15) is 9.59 Å². The summed E-state index contributed by atoms with van der Waals surface area (Å²) in [5.41, 5.74) is 4.67. The van der Waals surface area contributed by atoms with Gasteiger partial charge in [-0.05, 0) is 36.5 Å². The van der Waals surface area contributed by atoms with Crippen molar-refractivity contribution < 1.29 is 4.79 Å². The van der Waals surface area contributed by atoms with Crippen LogP contribution in [-0.2, 0) is 5.41 Å². The number of carbonyl (C=O) groups excluding carboxylic acids is 1. The molecule has 0 radical (unpaired) electrons. The molecule has 1 amide bonds. The molecule has 0 bridgehead atoms. The quantitative estimate of drug-likeness (QED) is 0.540. The molecule has 0 atom stereocenters. The molecule has 150 valence electrons. The number of nitrogens with one attached hydrogen (secondary N) is 1. The number of aromatic nitrogens is 2. The molecule has 0 aliphatic carbocycles. The van der Waals surface area contributed by atoms with Crippen molar-refractivity contribution in [3.8, 4) is 0 Å². The zero-order valence-corrected chi connectivity index (χ0v) is 17.4. The van der Waals surface area contributed by atoms with Crippen LogP contribution < -0.4 is 11.0 Å². The Morgan fingerprint density at radius 3 is 2.28 bits per heavy atom. The summed E-state index contributed by atoms with van der Waals surface area (Å²) in [6, 6.07) is 14.8. The van der Waals surface area contributed by atoms with Crippen LogP contribution in [0.5, 0.6) is 0 Å². The summed E-state index contributed by atoms with van der Waals surface area (Å²) in [6.07, 6.45) is 1.59. The SMILES string of the molecule is CC(C)n1nc(C(=O)N/N=C\c2ccc(C(C)(C)C)cc2)c2ccccc2c1=O. The van der Waals surface area contributed by atoms with E-state index >= 15 is 0 Å². The van der Waals surface area contributed by atoms with Gasteiger partial charge in [0.15, 0.2) is 5.69 Å². The minimum Gasteiger partial charge on any atom is -0.267 e. The van der Waals surface area contributed by atoms with Crippen LogP contribution in [0.4, 0.5) is 0 Å². The van der Waals surface area contributed by atoms with Gasteiger partial charge in [-0.2, -0.15) is 10.2 Å². The summed E-state index contributed by atoms with van der Waals surface area (Å²) in [4.78, 5) is 25.3. The Morgan fingerprint density at radius 1 is 1.07 bits per heavy atom.